The molecule has 3 aromatic rings. The van der Waals surface area contributed by atoms with Crippen molar-refractivity contribution in [3.63, 3.8) is 0 Å². The molecule has 4 rings (SSSR count). The highest BCUT2D eigenvalue weighted by molar-refractivity contribution is 7.25. The minimum absolute atomic E-state index is 0.202. The summed E-state index contributed by atoms with van der Waals surface area (Å²) in [6.07, 6.45) is 2.55. The van der Waals surface area contributed by atoms with E-state index in [0.717, 1.165) is 0 Å². The van der Waals surface area contributed by atoms with Crippen LogP contribution in [0.5, 0.6) is 0 Å². The van der Waals surface area contributed by atoms with Crippen molar-refractivity contribution in [1.29, 1.82) is 0 Å². The zero-order valence-corrected chi connectivity index (χ0v) is 17.5. The van der Waals surface area contributed by atoms with Crippen molar-refractivity contribution in [2.24, 2.45) is 0 Å². The number of hydrogen-bond acceptors (Lipinski definition) is 1. The van der Waals surface area contributed by atoms with Gasteiger partial charge in [-0.3, -0.25) is 0 Å². The van der Waals surface area contributed by atoms with Crippen LogP contribution in [0.25, 0.3) is 20.2 Å². The highest BCUT2D eigenvalue weighted by atomic mass is 32.1. The standard InChI is InChI=1S/C24H30S/c1-22(2,3)15-8-9-16-17-13-18-19(14-21(17)25-20(16)12-15)24(6,7)11-10-23(18,4)5/h8-9,12-14H,10-11H2,1-7H3. The van der Waals surface area contributed by atoms with Crippen LogP contribution in [-0.4, -0.2) is 0 Å². The van der Waals surface area contributed by atoms with Gasteiger partial charge in [0, 0.05) is 20.2 Å². The van der Waals surface area contributed by atoms with Gasteiger partial charge in [-0.1, -0.05) is 60.6 Å². The van der Waals surface area contributed by atoms with Crippen LogP contribution in [0.1, 0.15) is 78.0 Å². The largest absolute Gasteiger partial charge is 0.135 e. The Morgan fingerprint density at radius 3 is 1.92 bits per heavy atom. The summed E-state index contributed by atoms with van der Waals surface area (Å²) in [5.74, 6) is 0. The average molecular weight is 351 g/mol. The molecule has 1 aliphatic carbocycles. The molecule has 0 radical (unpaired) electrons. The van der Waals surface area contributed by atoms with E-state index in [-0.39, 0.29) is 16.2 Å². The van der Waals surface area contributed by atoms with E-state index in [1.165, 1.54) is 38.6 Å². The summed E-state index contributed by atoms with van der Waals surface area (Å²) in [6.45, 7) is 16.6. The molecule has 132 valence electrons. The summed E-state index contributed by atoms with van der Waals surface area (Å²) in [5.41, 5.74) is 5.32. The molecule has 0 saturated heterocycles. The molecule has 2 aromatic carbocycles. The first-order valence-electron chi connectivity index (χ1n) is 9.51. The van der Waals surface area contributed by atoms with Crippen LogP contribution in [-0.2, 0) is 16.2 Å². The lowest BCUT2D eigenvalue weighted by atomic mass is 9.63. The van der Waals surface area contributed by atoms with Crippen molar-refractivity contribution in [3.8, 4) is 0 Å². The van der Waals surface area contributed by atoms with Crippen LogP contribution >= 0.6 is 11.3 Å². The first-order valence-corrected chi connectivity index (χ1v) is 10.3. The molecule has 25 heavy (non-hydrogen) atoms. The van der Waals surface area contributed by atoms with Gasteiger partial charge in [0.25, 0.3) is 0 Å². The molecule has 1 aromatic heterocycles. The lowest BCUT2D eigenvalue weighted by molar-refractivity contribution is 0.332. The van der Waals surface area contributed by atoms with Gasteiger partial charge < -0.3 is 0 Å². The normalized spacial score (nSPS) is 19.3. The van der Waals surface area contributed by atoms with Crippen molar-refractivity contribution >= 4 is 31.5 Å². The number of hydrogen-bond donors (Lipinski definition) is 0. The molecule has 1 aliphatic rings. The van der Waals surface area contributed by atoms with E-state index in [9.17, 15) is 0 Å². The molecular formula is C24H30S. The smallest absolute Gasteiger partial charge is 0.0358 e. The zero-order chi connectivity index (χ0) is 18.2. The van der Waals surface area contributed by atoms with Crippen molar-refractivity contribution in [2.75, 3.05) is 0 Å². The van der Waals surface area contributed by atoms with Gasteiger partial charge in [-0.05, 0) is 64.0 Å². The Hall–Kier alpha value is -1.34. The third-order valence-electron chi connectivity index (χ3n) is 6.31. The van der Waals surface area contributed by atoms with Gasteiger partial charge in [-0.15, -0.1) is 11.3 Å². The molecule has 0 bridgehead atoms. The fourth-order valence-corrected chi connectivity index (χ4v) is 5.47. The Morgan fingerprint density at radius 1 is 0.760 bits per heavy atom. The monoisotopic (exact) mass is 350 g/mol. The predicted molar refractivity (Wildman–Crippen MR) is 113 cm³/mol. The van der Waals surface area contributed by atoms with Crippen LogP contribution in [0.3, 0.4) is 0 Å². The highest BCUT2D eigenvalue weighted by Gasteiger charge is 2.37. The summed E-state index contributed by atoms with van der Waals surface area (Å²) < 4.78 is 2.88. The molecule has 0 unspecified atom stereocenters. The summed E-state index contributed by atoms with van der Waals surface area (Å²) in [7, 11) is 0. The number of thiophene rings is 1. The fraction of sp³-hybridized carbons (Fsp3) is 0.500. The molecule has 0 spiro atoms. The number of rotatable bonds is 0. The topological polar surface area (TPSA) is 0 Å². The summed E-state index contributed by atoms with van der Waals surface area (Å²) in [4.78, 5) is 0. The second-order valence-corrected chi connectivity index (χ2v) is 11.3. The highest BCUT2D eigenvalue weighted by Crippen LogP contribution is 2.49. The van der Waals surface area contributed by atoms with Crippen LogP contribution in [0.15, 0.2) is 30.3 Å². The Balaban J connectivity index is 2.03. The first kappa shape index (κ1) is 17.1. The molecule has 1 heterocycles. The van der Waals surface area contributed by atoms with Gasteiger partial charge in [0.05, 0.1) is 0 Å². The van der Waals surface area contributed by atoms with Gasteiger partial charge in [-0.2, -0.15) is 0 Å². The summed E-state index contributed by atoms with van der Waals surface area (Å²) >= 11 is 1.97. The second-order valence-electron chi connectivity index (χ2n) is 10.2. The van der Waals surface area contributed by atoms with Crippen molar-refractivity contribution in [1.82, 2.24) is 0 Å². The third kappa shape index (κ3) is 2.63. The maximum atomic E-state index is 2.52. The summed E-state index contributed by atoms with van der Waals surface area (Å²) in [6, 6.07) is 12.1. The summed E-state index contributed by atoms with van der Waals surface area (Å²) in [5, 5.41) is 2.87. The Kier molecular flexibility index (Phi) is 3.49. The van der Waals surface area contributed by atoms with E-state index in [0.29, 0.717) is 0 Å². The van der Waals surface area contributed by atoms with Gasteiger partial charge in [-0.25, -0.2) is 0 Å². The molecule has 0 amide bonds. The zero-order valence-electron chi connectivity index (χ0n) is 16.7. The molecule has 0 saturated carbocycles. The molecule has 0 N–H and O–H groups in total. The van der Waals surface area contributed by atoms with E-state index in [4.69, 9.17) is 0 Å². The van der Waals surface area contributed by atoms with E-state index < -0.39 is 0 Å². The molecule has 0 atom stereocenters. The van der Waals surface area contributed by atoms with Gasteiger partial charge >= 0.3 is 0 Å². The van der Waals surface area contributed by atoms with Crippen molar-refractivity contribution in [3.05, 3.63) is 47.0 Å². The van der Waals surface area contributed by atoms with E-state index in [2.05, 4.69) is 78.8 Å². The lowest BCUT2D eigenvalue weighted by Gasteiger charge is -2.41. The fourth-order valence-electron chi connectivity index (χ4n) is 4.30. The quantitative estimate of drug-likeness (QED) is 0.389. The van der Waals surface area contributed by atoms with E-state index in [1.807, 2.05) is 11.3 Å². The number of fused-ring (bicyclic) bond motifs is 4. The minimum atomic E-state index is 0.202. The van der Waals surface area contributed by atoms with E-state index >= 15 is 0 Å². The van der Waals surface area contributed by atoms with Gasteiger partial charge in [0.15, 0.2) is 0 Å². The maximum Gasteiger partial charge on any atom is 0.0358 e. The SMILES string of the molecule is CC(C)(C)c1ccc2c(c1)sc1cc3c(cc12)C(C)(C)CCC3(C)C. The maximum absolute atomic E-state index is 2.52. The van der Waals surface area contributed by atoms with E-state index in [1.54, 1.807) is 11.1 Å². The minimum Gasteiger partial charge on any atom is -0.135 e. The molecular weight excluding hydrogens is 320 g/mol. The third-order valence-corrected chi connectivity index (χ3v) is 7.43. The lowest BCUT2D eigenvalue weighted by Crippen LogP contribution is -2.33. The number of benzene rings is 2. The Labute approximate surface area is 156 Å². The molecule has 1 heteroatoms. The van der Waals surface area contributed by atoms with Crippen molar-refractivity contribution in [2.45, 2.75) is 77.6 Å². The van der Waals surface area contributed by atoms with Crippen LogP contribution in [0, 0.1) is 0 Å². The van der Waals surface area contributed by atoms with Crippen molar-refractivity contribution < 1.29 is 0 Å². The average Bonchev–Trinajstić information content (AvgIpc) is 2.87. The molecule has 0 nitrogen and oxygen atoms in total. The molecule has 0 fully saturated rings. The van der Waals surface area contributed by atoms with Crippen LogP contribution in [0.2, 0.25) is 0 Å². The van der Waals surface area contributed by atoms with Crippen LogP contribution < -0.4 is 0 Å². The van der Waals surface area contributed by atoms with Gasteiger partial charge in [0.1, 0.15) is 0 Å². The second kappa shape index (κ2) is 5.10. The van der Waals surface area contributed by atoms with Gasteiger partial charge in [0.2, 0.25) is 0 Å². The Bertz CT molecular complexity index is 977. The van der Waals surface area contributed by atoms with Crippen LogP contribution in [0.4, 0.5) is 0 Å². The predicted octanol–water partition coefficient (Wildman–Crippen LogP) is 7.70. The first-order chi connectivity index (χ1) is 11.5. The molecule has 0 aliphatic heterocycles. The Morgan fingerprint density at radius 2 is 1.32 bits per heavy atom.